The van der Waals surface area contributed by atoms with Gasteiger partial charge >= 0.3 is 0 Å². The first kappa shape index (κ1) is 8.16. The van der Waals surface area contributed by atoms with Crippen LogP contribution in [0.25, 0.3) is 0 Å². The van der Waals surface area contributed by atoms with Gasteiger partial charge in [-0.2, -0.15) is 0 Å². The molecule has 14 heavy (non-hydrogen) atoms. The Morgan fingerprint density at radius 2 is 2.14 bits per heavy atom. The van der Waals surface area contributed by atoms with Crippen LogP contribution in [0.1, 0.15) is 30.4 Å². The van der Waals surface area contributed by atoms with Gasteiger partial charge in [0.1, 0.15) is 5.75 Å². The lowest BCUT2D eigenvalue weighted by atomic mass is 9.65. The Morgan fingerprint density at radius 3 is 2.79 bits per heavy atom. The van der Waals surface area contributed by atoms with Crippen molar-refractivity contribution in [1.82, 2.24) is 0 Å². The average molecular weight is 189 g/mol. The Hall–Kier alpha value is -1.18. The molecule has 0 saturated heterocycles. The number of anilines is 1. The number of aromatic hydroxyl groups is 1. The molecule has 1 aromatic carbocycles. The normalized spacial score (nSPS) is 21.5. The number of aryl methyl sites for hydroxylation is 1. The Balaban J connectivity index is 2.18. The van der Waals surface area contributed by atoms with Gasteiger partial charge in [0.05, 0.1) is 0 Å². The fraction of sp³-hybridized carbons (Fsp3) is 0.500. The van der Waals surface area contributed by atoms with Crippen molar-refractivity contribution in [2.24, 2.45) is 0 Å². The predicted octanol–water partition coefficient (Wildman–Crippen LogP) is 2.55. The van der Waals surface area contributed by atoms with Gasteiger partial charge < -0.3 is 10.4 Å². The molecule has 1 aliphatic heterocycles. The van der Waals surface area contributed by atoms with Crippen LogP contribution in [0.2, 0.25) is 0 Å². The van der Waals surface area contributed by atoms with Crippen molar-refractivity contribution < 1.29 is 5.11 Å². The lowest BCUT2D eigenvalue weighted by Crippen LogP contribution is -2.35. The summed E-state index contributed by atoms with van der Waals surface area (Å²) >= 11 is 0. The van der Waals surface area contributed by atoms with Gasteiger partial charge in [0, 0.05) is 17.6 Å². The van der Waals surface area contributed by atoms with E-state index in [4.69, 9.17) is 0 Å². The van der Waals surface area contributed by atoms with Crippen molar-refractivity contribution in [3.63, 3.8) is 0 Å². The molecule has 0 aromatic heterocycles. The highest BCUT2D eigenvalue weighted by atomic mass is 16.3. The third-order valence-electron chi connectivity index (χ3n) is 3.81. The van der Waals surface area contributed by atoms with Crippen LogP contribution in [-0.4, -0.2) is 11.7 Å². The summed E-state index contributed by atoms with van der Waals surface area (Å²) in [6.45, 7) is 3.12. The fourth-order valence-corrected chi connectivity index (χ4v) is 2.82. The Labute approximate surface area is 84.0 Å². The molecule has 0 unspecified atom stereocenters. The van der Waals surface area contributed by atoms with Gasteiger partial charge in [0.15, 0.2) is 0 Å². The standard InChI is InChI=1S/C12H15NO/c1-8-5-9(14)6-10-11(8)13-7-12(10)3-2-4-12/h5-6,13-14H,2-4,7H2,1H3. The van der Waals surface area contributed by atoms with Crippen molar-refractivity contribution in [1.29, 1.82) is 0 Å². The van der Waals surface area contributed by atoms with Gasteiger partial charge in [-0.05, 0) is 43.0 Å². The van der Waals surface area contributed by atoms with Gasteiger partial charge in [0.25, 0.3) is 0 Å². The number of phenols is 1. The van der Waals surface area contributed by atoms with Crippen LogP contribution < -0.4 is 5.32 Å². The maximum absolute atomic E-state index is 9.60. The average Bonchev–Trinajstić information content (AvgIpc) is 2.42. The molecule has 1 aromatic rings. The molecule has 74 valence electrons. The first-order chi connectivity index (χ1) is 6.71. The summed E-state index contributed by atoms with van der Waals surface area (Å²) in [6, 6.07) is 3.78. The van der Waals surface area contributed by atoms with Crippen LogP contribution in [0.3, 0.4) is 0 Å². The highest BCUT2D eigenvalue weighted by Gasteiger charge is 2.44. The minimum Gasteiger partial charge on any atom is -0.508 e. The molecule has 2 N–H and O–H groups in total. The zero-order chi connectivity index (χ0) is 9.76. The number of hydrogen-bond donors (Lipinski definition) is 2. The van der Waals surface area contributed by atoms with Gasteiger partial charge in [0.2, 0.25) is 0 Å². The number of hydrogen-bond acceptors (Lipinski definition) is 2. The number of phenolic OH excluding ortho intramolecular Hbond substituents is 1. The van der Waals surface area contributed by atoms with Crippen LogP contribution in [0.5, 0.6) is 5.75 Å². The van der Waals surface area contributed by atoms with E-state index < -0.39 is 0 Å². The van der Waals surface area contributed by atoms with Crippen LogP contribution in [0.15, 0.2) is 12.1 Å². The second-order valence-electron chi connectivity index (χ2n) is 4.67. The molecule has 1 aliphatic carbocycles. The van der Waals surface area contributed by atoms with E-state index in [1.165, 1.54) is 36.1 Å². The van der Waals surface area contributed by atoms with Crippen molar-refractivity contribution >= 4 is 5.69 Å². The van der Waals surface area contributed by atoms with E-state index in [1.54, 1.807) is 0 Å². The molecule has 0 amide bonds. The van der Waals surface area contributed by atoms with Crippen LogP contribution in [0, 0.1) is 6.92 Å². The minimum absolute atomic E-state index is 0.360. The maximum atomic E-state index is 9.60. The zero-order valence-corrected chi connectivity index (χ0v) is 8.43. The van der Waals surface area contributed by atoms with Gasteiger partial charge in [-0.15, -0.1) is 0 Å². The van der Waals surface area contributed by atoms with E-state index in [0.29, 0.717) is 11.2 Å². The topological polar surface area (TPSA) is 32.3 Å². The first-order valence-corrected chi connectivity index (χ1v) is 5.29. The molecule has 1 spiro atoms. The maximum Gasteiger partial charge on any atom is 0.116 e. The van der Waals surface area contributed by atoms with Crippen LogP contribution >= 0.6 is 0 Å². The molecule has 1 fully saturated rings. The molecule has 1 saturated carbocycles. The Morgan fingerprint density at radius 1 is 1.36 bits per heavy atom. The Bertz CT molecular complexity index is 394. The van der Waals surface area contributed by atoms with E-state index in [0.717, 1.165) is 6.54 Å². The van der Waals surface area contributed by atoms with E-state index >= 15 is 0 Å². The molecule has 0 bridgehead atoms. The largest absolute Gasteiger partial charge is 0.508 e. The molecule has 2 heteroatoms. The highest BCUT2D eigenvalue weighted by molar-refractivity contribution is 5.67. The summed E-state index contributed by atoms with van der Waals surface area (Å²) in [6.07, 6.45) is 3.88. The van der Waals surface area contributed by atoms with Gasteiger partial charge in [-0.3, -0.25) is 0 Å². The molecular weight excluding hydrogens is 174 g/mol. The van der Waals surface area contributed by atoms with E-state index in [-0.39, 0.29) is 0 Å². The van der Waals surface area contributed by atoms with Crippen molar-refractivity contribution in [2.45, 2.75) is 31.6 Å². The SMILES string of the molecule is Cc1cc(O)cc2c1NCC21CCC1. The fourth-order valence-electron chi connectivity index (χ4n) is 2.82. The smallest absolute Gasteiger partial charge is 0.116 e. The molecule has 1 heterocycles. The number of fused-ring (bicyclic) bond motifs is 2. The first-order valence-electron chi connectivity index (χ1n) is 5.29. The van der Waals surface area contributed by atoms with Crippen LogP contribution in [0.4, 0.5) is 5.69 Å². The molecule has 0 radical (unpaired) electrons. The summed E-state index contributed by atoms with van der Waals surface area (Å²) in [7, 11) is 0. The minimum atomic E-state index is 0.360. The summed E-state index contributed by atoms with van der Waals surface area (Å²) in [5, 5.41) is 13.1. The number of benzene rings is 1. The lowest BCUT2D eigenvalue weighted by Gasteiger charge is -2.38. The summed E-state index contributed by atoms with van der Waals surface area (Å²) < 4.78 is 0. The zero-order valence-electron chi connectivity index (χ0n) is 8.43. The summed E-state index contributed by atoms with van der Waals surface area (Å²) in [5.41, 5.74) is 4.14. The van der Waals surface area contributed by atoms with Crippen molar-refractivity contribution in [2.75, 3.05) is 11.9 Å². The predicted molar refractivity (Wildman–Crippen MR) is 56.9 cm³/mol. The second-order valence-corrected chi connectivity index (χ2v) is 4.67. The summed E-state index contributed by atoms with van der Waals surface area (Å²) in [4.78, 5) is 0. The summed E-state index contributed by atoms with van der Waals surface area (Å²) in [5.74, 6) is 0.413. The molecule has 2 aliphatic rings. The molecular formula is C12H15NO. The van der Waals surface area contributed by atoms with E-state index in [1.807, 2.05) is 12.1 Å². The van der Waals surface area contributed by atoms with Gasteiger partial charge in [-0.1, -0.05) is 6.42 Å². The quantitative estimate of drug-likeness (QED) is 0.615. The molecule has 3 rings (SSSR count). The number of rotatable bonds is 0. The van der Waals surface area contributed by atoms with E-state index in [2.05, 4.69) is 12.2 Å². The second kappa shape index (κ2) is 2.44. The van der Waals surface area contributed by atoms with Crippen molar-refractivity contribution in [3.8, 4) is 5.75 Å². The highest BCUT2D eigenvalue weighted by Crippen LogP contribution is 2.51. The third kappa shape index (κ3) is 0.861. The number of nitrogens with one attached hydrogen (secondary N) is 1. The molecule has 0 atom stereocenters. The third-order valence-corrected chi connectivity index (χ3v) is 3.81. The van der Waals surface area contributed by atoms with Crippen molar-refractivity contribution in [3.05, 3.63) is 23.3 Å². The Kier molecular flexibility index (Phi) is 1.42. The van der Waals surface area contributed by atoms with E-state index in [9.17, 15) is 5.11 Å². The van der Waals surface area contributed by atoms with Gasteiger partial charge in [-0.25, -0.2) is 0 Å². The monoisotopic (exact) mass is 189 g/mol. The van der Waals surface area contributed by atoms with Crippen LogP contribution in [-0.2, 0) is 5.41 Å². The lowest BCUT2D eigenvalue weighted by molar-refractivity contribution is 0.271. The molecule has 2 nitrogen and oxygen atoms in total.